The molecule has 0 bridgehead atoms. The van der Waals surface area contributed by atoms with Crippen LogP contribution in [0, 0.1) is 0 Å². The SMILES string of the molecule is CCCC/C=C\C/C=C\CCCCCCCC(=O)OC(COC(=O)CCCCCCC/C=C\CCCCC)COC(=O)CCCCCCCCCCCCCC/C=C\C/C=C\C/C=C\CCCCCCC. The molecule has 0 rings (SSSR count). The normalized spacial score (nSPS) is 12.5. The number of allylic oxidation sites excluding steroid dienone is 12. The van der Waals surface area contributed by atoms with Gasteiger partial charge in [-0.15, -0.1) is 0 Å². The lowest BCUT2D eigenvalue weighted by Crippen LogP contribution is -2.30. The Balaban J connectivity index is 4.24. The number of carbonyl (C=O) groups excluding carboxylic acids is 3. The van der Waals surface area contributed by atoms with Gasteiger partial charge in [-0.2, -0.15) is 0 Å². The zero-order chi connectivity index (χ0) is 51.4. The van der Waals surface area contributed by atoms with Crippen molar-refractivity contribution in [1.82, 2.24) is 0 Å². The topological polar surface area (TPSA) is 78.9 Å². The minimum atomic E-state index is -0.786. The van der Waals surface area contributed by atoms with Crippen LogP contribution in [0.4, 0.5) is 0 Å². The third kappa shape index (κ3) is 57.6. The van der Waals surface area contributed by atoms with Gasteiger partial charge in [-0.05, 0) is 109 Å². The molecule has 0 amide bonds. The Morgan fingerprint density at radius 1 is 0.282 bits per heavy atom. The van der Waals surface area contributed by atoms with E-state index >= 15 is 0 Å². The lowest BCUT2D eigenvalue weighted by molar-refractivity contribution is -0.167. The molecule has 410 valence electrons. The number of hydrogen-bond donors (Lipinski definition) is 0. The molecule has 0 radical (unpaired) electrons. The Morgan fingerprint density at radius 2 is 0.521 bits per heavy atom. The van der Waals surface area contributed by atoms with E-state index in [1.165, 1.54) is 161 Å². The summed E-state index contributed by atoms with van der Waals surface area (Å²) < 4.78 is 16.9. The van der Waals surface area contributed by atoms with Gasteiger partial charge in [-0.1, -0.05) is 248 Å². The van der Waals surface area contributed by atoms with E-state index in [2.05, 4.69) is 93.7 Å². The average Bonchev–Trinajstić information content (AvgIpc) is 3.37. The highest BCUT2D eigenvalue weighted by Crippen LogP contribution is 2.16. The molecule has 71 heavy (non-hydrogen) atoms. The first-order chi connectivity index (χ1) is 35.0. The van der Waals surface area contributed by atoms with Gasteiger partial charge in [0, 0.05) is 19.3 Å². The molecule has 0 fully saturated rings. The summed E-state index contributed by atoms with van der Waals surface area (Å²) in [5.41, 5.74) is 0. The van der Waals surface area contributed by atoms with E-state index in [-0.39, 0.29) is 31.1 Å². The van der Waals surface area contributed by atoms with Crippen LogP contribution in [0.2, 0.25) is 0 Å². The van der Waals surface area contributed by atoms with Gasteiger partial charge in [0.2, 0.25) is 0 Å². The number of rotatable bonds is 55. The summed E-state index contributed by atoms with van der Waals surface area (Å²) in [5, 5.41) is 0. The molecular weight excluding hydrogens is 877 g/mol. The van der Waals surface area contributed by atoms with Gasteiger partial charge < -0.3 is 14.2 Å². The van der Waals surface area contributed by atoms with Crippen molar-refractivity contribution >= 4 is 17.9 Å². The van der Waals surface area contributed by atoms with Crippen LogP contribution in [0.25, 0.3) is 0 Å². The summed E-state index contributed by atoms with van der Waals surface area (Å²) in [5.74, 6) is -0.901. The van der Waals surface area contributed by atoms with Gasteiger partial charge in [-0.3, -0.25) is 14.4 Å². The molecule has 6 nitrogen and oxygen atoms in total. The Morgan fingerprint density at radius 3 is 0.873 bits per heavy atom. The minimum absolute atomic E-state index is 0.0837. The van der Waals surface area contributed by atoms with Gasteiger partial charge >= 0.3 is 17.9 Å². The van der Waals surface area contributed by atoms with Gasteiger partial charge in [0.15, 0.2) is 6.10 Å². The standard InChI is InChI=1S/C65H114O6/c1-4-7-10-13-16-19-22-25-27-28-29-30-31-32-33-34-35-36-37-38-39-41-43-46-49-52-55-58-64(67)70-61-62(60-69-63(66)57-54-51-48-45-42-24-21-18-15-12-9-6-3)71-65(68)59-56-53-50-47-44-40-26-23-20-17-14-11-8-5-2/h14,17-18,21-23,25-26,28-29,31-32,62H,4-13,15-16,19-20,24,27,30,33-61H2,1-3H3/b17-14-,21-18-,25-22-,26-23-,29-28-,32-31-. The van der Waals surface area contributed by atoms with Gasteiger partial charge in [-0.25, -0.2) is 0 Å². The molecule has 1 unspecified atom stereocenters. The molecule has 6 heteroatoms. The number of hydrogen-bond acceptors (Lipinski definition) is 6. The Hall–Kier alpha value is -3.15. The zero-order valence-corrected chi connectivity index (χ0v) is 47.0. The number of carbonyl (C=O) groups is 3. The predicted molar refractivity (Wildman–Crippen MR) is 307 cm³/mol. The molecule has 0 aliphatic rings. The molecule has 0 spiro atoms. The number of ether oxygens (including phenoxy) is 3. The summed E-state index contributed by atoms with van der Waals surface area (Å²) in [6.07, 6.45) is 76.2. The molecule has 0 aromatic heterocycles. The van der Waals surface area contributed by atoms with Gasteiger partial charge in [0.05, 0.1) is 0 Å². The Bertz CT molecular complexity index is 1320. The van der Waals surface area contributed by atoms with Gasteiger partial charge in [0.1, 0.15) is 13.2 Å². The zero-order valence-electron chi connectivity index (χ0n) is 47.0. The molecule has 0 aliphatic carbocycles. The maximum atomic E-state index is 12.8. The summed E-state index contributed by atoms with van der Waals surface area (Å²) >= 11 is 0. The van der Waals surface area contributed by atoms with Crippen molar-refractivity contribution in [2.75, 3.05) is 13.2 Å². The van der Waals surface area contributed by atoms with Crippen molar-refractivity contribution in [2.45, 2.75) is 309 Å². The molecule has 1 atom stereocenters. The fraction of sp³-hybridized carbons (Fsp3) is 0.769. The summed E-state index contributed by atoms with van der Waals surface area (Å²) in [6.45, 7) is 6.56. The smallest absolute Gasteiger partial charge is 0.306 e. The largest absolute Gasteiger partial charge is 0.462 e. The first kappa shape index (κ1) is 67.8. The van der Waals surface area contributed by atoms with Crippen LogP contribution in [0.5, 0.6) is 0 Å². The van der Waals surface area contributed by atoms with E-state index in [0.717, 1.165) is 103 Å². The second-order valence-corrected chi connectivity index (χ2v) is 20.2. The van der Waals surface area contributed by atoms with E-state index < -0.39 is 6.10 Å². The lowest BCUT2D eigenvalue weighted by Gasteiger charge is -2.18. The van der Waals surface area contributed by atoms with Crippen LogP contribution >= 0.6 is 0 Å². The highest BCUT2D eigenvalue weighted by atomic mass is 16.6. The van der Waals surface area contributed by atoms with E-state index in [0.29, 0.717) is 19.3 Å². The van der Waals surface area contributed by atoms with Crippen LogP contribution in [0.15, 0.2) is 72.9 Å². The molecule has 0 heterocycles. The van der Waals surface area contributed by atoms with Crippen LogP contribution in [-0.2, 0) is 28.6 Å². The van der Waals surface area contributed by atoms with Crippen molar-refractivity contribution in [3.05, 3.63) is 72.9 Å². The van der Waals surface area contributed by atoms with Crippen molar-refractivity contribution in [2.24, 2.45) is 0 Å². The highest BCUT2D eigenvalue weighted by Gasteiger charge is 2.19. The molecule has 0 aromatic carbocycles. The van der Waals surface area contributed by atoms with Crippen LogP contribution in [0.3, 0.4) is 0 Å². The highest BCUT2D eigenvalue weighted by molar-refractivity contribution is 5.71. The second kappa shape index (κ2) is 59.4. The summed E-state index contributed by atoms with van der Waals surface area (Å²) in [6, 6.07) is 0. The first-order valence-electron chi connectivity index (χ1n) is 30.4. The molecule has 0 saturated carbocycles. The molecular formula is C65H114O6. The Kier molecular flexibility index (Phi) is 56.8. The quantitative estimate of drug-likeness (QED) is 0.0261. The molecule has 0 N–H and O–H groups in total. The van der Waals surface area contributed by atoms with Crippen LogP contribution in [0.1, 0.15) is 303 Å². The van der Waals surface area contributed by atoms with Crippen molar-refractivity contribution in [1.29, 1.82) is 0 Å². The molecule has 0 aliphatic heterocycles. The average molecular weight is 992 g/mol. The van der Waals surface area contributed by atoms with Gasteiger partial charge in [0.25, 0.3) is 0 Å². The number of unbranched alkanes of at least 4 members (excludes halogenated alkanes) is 32. The van der Waals surface area contributed by atoms with E-state index in [4.69, 9.17) is 14.2 Å². The second-order valence-electron chi connectivity index (χ2n) is 20.2. The third-order valence-electron chi connectivity index (χ3n) is 13.2. The first-order valence-corrected chi connectivity index (χ1v) is 30.4. The maximum Gasteiger partial charge on any atom is 0.306 e. The van der Waals surface area contributed by atoms with E-state index in [1.807, 2.05) is 0 Å². The monoisotopic (exact) mass is 991 g/mol. The van der Waals surface area contributed by atoms with Crippen LogP contribution in [-0.4, -0.2) is 37.2 Å². The summed E-state index contributed by atoms with van der Waals surface area (Å²) in [4.78, 5) is 38.1. The minimum Gasteiger partial charge on any atom is -0.462 e. The van der Waals surface area contributed by atoms with Crippen molar-refractivity contribution in [3.8, 4) is 0 Å². The Labute approximate surface area is 440 Å². The predicted octanol–water partition coefficient (Wildman–Crippen LogP) is 20.5. The summed E-state index contributed by atoms with van der Waals surface area (Å²) in [7, 11) is 0. The molecule has 0 saturated heterocycles. The van der Waals surface area contributed by atoms with Crippen molar-refractivity contribution in [3.63, 3.8) is 0 Å². The third-order valence-corrected chi connectivity index (χ3v) is 13.2. The van der Waals surface area contributed by atoms with Crippen molar-refractivity contribution < 1.29 is 28.6 Å². The molecule has 0 aromatic rings. The van der Waals surface area contributed by atoms with E-state index in [9.17, 15) is 14.4 Å². The fourth-order valence-electron chi connectivity index (χ4n) is 8.52. The van der Waals surface area contributed by atoms with Crippen LogP contribution < -0.4 is 0 Å². The fourth-order valence-corrected chi connectivity index (χ4v) is 8.52. The lowest BCUT2D eigenvalue weighted by atomic mass is 10.0. The maximum absolute atomic E-state index is 12.8. The number of esters is 3. The van der Waals surface area contributed by atoms with E-state index in [1.54, 1.807) is 0 Å².